The van der Waals surface area contributed by atoms with E-state index in [0.717, 1.165) is 45.1 Å². The van der Waals surface area contributed by atoms with Crippen LogP contribution < -0.4 is 11.1 Å². The number of likely N-dealkylation sites (tertiary alicyclic amines) is 1. The largest absolute Gasteiger partial charge is 0.352 e. The first kappa shape index (κ1) is 19.2. The molecule has 1 saturated heterocycles. The molecule has 6 heteroatoms. The standard InChI is InChI=1S/C16H29N3O2.ClH/c1-2-5-15(20)18-13-7-4-9-19(11-13)16(21)14-8-3-6-12(14)10-17;/h12-14H,2-11,17H2,1H3,(H,18,20);1H/t12-,13?,14-;/m1./s1. The van der Waals surface area contributed by atoms with Gasteiger partial charge in [-0.25, -0.2) is 0 Å². The minimum Gasteiger partial charge on any atom is -0.352 e. The highest BCUT2D eigenvalue weighted by atomic mass is 35.5. The number of rotatable bonds is 5. The molecule has 1 heterocycles. The molecule has 2 rings (SSSR count). The fraction of sp³-hybridized carbons (Fsp3) is 0.875. The van der Waals surface area contributed by atoms with E-state index in [9.17, 15) is 9.59 Å². The number of nitrogens with two attached hydrogens (primary N) is 1. The number of carbonyl (C=O) groups excluding carboxylic acids is 2. The maximum atomic E-state index is 12.7. The molecular formula is C16H30ClN3O2. The molecule has 0 radical (unpaired) electrons. The monoisotopic (exact) mass is 331 g/mol. The maximum Gasteiger partial charge on any atom is 0.226 e. The van der Waals surface area contributed by atoms with Gasteiger partial charge in [-0.1, -0.05) is 13.3 Å². The van der Waals surface area contributed by atoms with Crippen LogP contribution in [0.4, 0.5) is 0 Å². The van der Waals surface area contributed by atoms with Gasteiger partial charge in [-0.15, -0.1) is 12.4 Å². The number of nitrogens with zero attached hydrogens (tertiary/aromatic N) is 1. The molecule has 0 spiro atoms. The Morgan fingerprint density at radius 1 is 1.23 bits per heavy atom. The van der Waals surface area contributed by atoms with E-state index in [1.807, 2.05) is 11.8 Å². The third-order valence-corrected chi connectivity index (χ3v) is 4.85. The van der Waals surface area contributed by atoms with Gasteiger partial charge in [0.2, 0.25) is 11.8 Å². The zero-order valence-electron chi connectivity index (χ0n) is 13.6. The van der Waals surface area contributed by atoms with E-state index < -0.39 is 0 Å². The minimum absolute atomic E-state index is 0. The lowest BCUT2D eigenvalue weighted by Gasteiger charge is -2.35. The number of halogens is 1. The predicted molar refractivity (Wildman–Crippen MR) is 89.8 cm³/mol. The van der Waals surface area contributed by atoms with Gasteiger partial charge in [-0.2, -0.15) is 0 Å². The van der Waals surface area contributed by atoms with Crippen molar-refractivity contribution in [2.75, 3.05) is 19.6 Å². The molecule has 1 unspecified atom stereocenters. The van der Waals surface area contributed by atoms with Crippen LogP contribution >= 0.6 is 12.4 Å². The van der Waals surface area contributed by atoms with Crippen LogP contribution in [0.1, 0.15) is 51.9 Å². The van der Waals surface area contributed by atoms with Crippen molar-refractivity contribution < 1.29 is 9.59 Å². The van der Waals surface area contributed by atoms with Gasteiger partial charge in [-0.3, -0.25) is 9.59 Å². The normalized spacial score (nSPS) is 28.1. The summed E-state index contributed by atoms with van der Waals surface area (Å²) in [6.07, 6.45) is 6.56. The fourth-order valence-electron chi connectivity index (χ4n) is 3.70. The van der Waals surface area contributed by atoms with Crippen molar-refractivity contribution in [3.8, 4) is 0 Å². The van der Waals surface area contributed by atoms with Crippen LogP contribution in [-0.2, 0) is 9.59 Å². The van der Waals surface area contributed by atoms with Crippen molar-refractivity contribution in [1.82, 2.24) is 10.2 Å². The smallest absolute Gasteiger partial charge is 0.226 e. The number of hydrogen-bond acceptors (Lipinski definition) is 3. The Bertz CT molecular complexity index is 378. The molecule has 22 heavy (non-hydrogen) atoms. The van der Waals surface area contributed by atoms with E-state index in [-0.39, 0.29) is 36.2 Å². The summed E-state index contributed by atoms with van der Waals surface area (Å²) in [4.78, 5) is 26.4. The quantitative estimate of drug-likeness (QED) is 0.805. The first-order valence-electron chi connectivity index (χ1n) is 8.44. The molecule has 0 aromatic heterocycles. The van der Waals surface area contributed by atoms with Crippen molar-refractivity contribution in [2.45, 2.75) is 57.9 Å². The molecule has 1 aliphatic carbocycles. The van der Waals surface area contributed by atoms with Gasteiger partial charge < -0.3 is 16.0 Å². The molecule has 128 valence electrons. The first-order valence-corrected chi connectivity index (χ1v) is 8.44. The highest BCUT2D eigenvalue weighted by Gasteiger charge is 2.36. The Morgan fingerprint density at radius 2 is 2.00 bits per heavy atom. The lowest BCUT2D eigenvalue weighted by Crippen LogP contribution is -2.51. The zero-order chi connectivity index (χ0) is 15.2. The van der Waals surface area contributed by atoms with Crippen molar-refractivity contribution in [3.05, 3.63) is 0 Å². The maximum absolute atomic E-state index is 12.7. The zero-order valence-corrected chi connectivity index (χ0v) is 14.4. The Balaban J connectivity index is 0.00000242. The number of piperidine rings is 1. The molecule has 2 aliphatic rings. The summed E-state index contributed by atoms with van der Waals surface area (Å²) in [5, 5.41) is 3.06. The second-order valence-corrected chi connectivity index (χ2v) is 6.47. The molecule has 5 nitrogen and oxygen atoms in total. The molecule has 1 saturated carbocycles. The third kappa shape index (κ3) is 4.85. The van der Waals surface area contributed by atoms with Gasteiger partial charge in [0.05, 0.1) is 0 Å². The number of hydrogen-bond donors (Lipinski definition) is 2. The molecule has 3 atom stereocenters. The molecule has 0 aromatic carbocycles. The van der Waals surface area contributed by atoms with Gasteiger partial charge in [0.25, 0.3) is 0 Å². The topological polar surface area (TPSA) is 75.4 Å². The Kier molecular flexibility index (Phi) is 8.18. The first-order chi connectivity index (χ1) is 10.2. The lowest BCUT2D eigenvalue weighted by molar-refractivity contribution is -0.138. The summed E-state index contributed by atoms with van der Waals surface area (Å²) in [6, 6.07) is 0.125. The van der Waals surface area contributed by atoms with E-state index in [1.165, 1.54) is 0 Å². The van der Waals surface area contributed by atoms with E-state index in [0.29, 0.717) is 25.4 Å². The predicted octanol–water partition coefficient (Wildman–Crippen LogP) is 1.69. The van der Waals surface area contributed by atoms with Crippen LogP contribution in [-0.4, -0.2) is 42.4 Å². The van der Waals surface area contributed by atoms with Crippen LogP contribution in [0.25, 0.3) is 0 Å². The Labute approximate surface area is 139 Å². The number of carbonyl (C=O) groups is 2. The summed E-state index contributed by atoms with van der Waals surface area (Å²) < 4.78 is 0. The molecule has 0 aromatic rings. The van der Waals surface area contributed by atoms with Crippen LogP contribution in [0.15, 0.2) is 0 Å². The van der Waals surface area contributed by atoms with E-state index in [4.69, 9.17) is 5.73 Å². The highest BCUT2D eigenvalue weighted by Crippen LogP contribution is 2.33. The van der Waals surface area contributed by atoms with Gasteiger partial charge in [-0.05, 0) is 44.6 Å². The van der Waals surface area contributed by atoms with Crippen LogP contribution in [0, 0.1) is 11.8 Å². The van der Waals surface area contributed by atoms with Gasteiger partial charge in [0, 0.05) is 31.5 Å². The molecule has 2 fully saturated rings. The van der Waals surface area contributed by atoms with E-state index in [1.54, 1.807) is 0 Å². The highest BCUT2D eigenvalue weighted by molar-refractivity contribution is 5.85. The van der Waals surface area contributed by atoms with Crippen LogP contribution in [0.2, 0.25) is 0 Å². The second-order valence-electron chi connectivity index (χ2n) is 6.47. The minimum atomic E-state index is 0. The van der Waals surface area contributed by atoms with Crippen LogP contribution in [0.3, 0.4) is 0 Å². The third-order valence-electron chi connectivity index (χ3n) is 4.85. The lowest BCUT2D eigenvalue weighted by atomic mass is 9.93. The summed E-state index contributed by atoms with van der Waals surface area (Å²) in [6.45, 7) is 4.11. The fourth-order valence-corrected chi connectivity index (χ4v) is 3.70. The van der Waals surface area contributed by atoms with Crippen LogP contribution in [0.5, 0.6) is 0 Å². The summed E-state index contributed by atoms with van der Waals surface area (Å²) in [5.74, 6) is 0.836. The van der Waals surface area contributed by atoms with Gasteiger partial charge in [0.15, 0.2) is 0 Å². The summed E-state index contributed by atoms with van der Waals surface area (Å²) in [5.41, 5.74) is 5.79. The molecule has 1 aliphatic heterocycles. The second kappa shape index (κ2) is 9.36. The molecule has 3 N–H and O–H groups in total. The van der Waals surface area contributed by atoms with Crippen molar-refractivity contribution >= 4 is 24.2 Å². The van der Waals surface area contributed by atoms with Crippen molar-refractivity contribution in [1.29, 1.82) is 0 Å². The van der Waals surface area contributed by atoms with Crippen molar-refractivity contribution in [2.24, 2.45) is 17.6 Å². The Hall–Kier alpha value is -0.810. The molecular weight excluding hydrogens is 302 g/mol. The van der Waals surface area contributed by atoms with E-state index >= 15 is 0 Å². The molecule has 0 bridgehead atoms. The van der Waals surface area contributed by atoms with Gasteiger partial charge >= 0.3 is 0 Å². The Morgan fingerprint density at radius 3 is 2.68 bits per heavy atom. The van der Waals surface area contributed by atoms with Gasteiger partial charge in [0.1, 0.15) is 0 Å². The van der Waals surface area contributed by atoms with Crippen molar-refractivity contribution in [3.63, 3.8) is 0 Å². The SMILES string of the molecule is CCCC(=O)NC1CCCN(C(=O)[C@@H]2CCC[C@@H]2CN)C1.Cl. The average Bonchev–Trinajstić information content (AvgIpc) is 2.95. The number of amides is 2. The number of nitrogens with one attached hydrogen (secondary N) is 1. The molecule has 2 amide bonds. The summed E-state index contributed by atoms with van der Waals surface area (Å²) >= 11 is 0. The average molecular weight is 332 g/mol. The van der Waals surface area contributed by atoms with E-state index in [2.05, 4.69) is 5.32 Å². The summed E-state index contributed by atoms with van der Waals surface area (Å²) in [7, 11) is 0.